The van der Waals surface area contributed by atoms with E-state index in [0.29, 0.717) is 36.0 Å². The highest BCUT2D eigenvalue weighted by atomic mass is 16.5. The van der Waals surface area contributed by atoms with Crippen LogP contribution in [-0.4, -0.2) is 40.0 Å². The highest BCUT2D eigenvalue weighted by Gasteiger charge is 2.32. The van der Waals surface area contributed by atoms with E-state index in [0.717, 1.165) is 36.1 Å². The Morgan fingerprint density at radius 1 is 1.24 bits per heavy atom. The molecule has 0 aliphatic carbocycles. The lowest BCUT2D eigenvalue weighted by atomic mass is 10.0. The number of benzene rings is 2. The van der Waals surface area contributed by atoms with E-state index in [1.54, 1.807) is 29.2 Å². The van der Waals surface area contributed by atoms with Crippen LogP contribution >= 0.6 is 0 Å². The van der Waals surface area contributed by atoms with Gasteiger partial charge >= 0.3 is 0 Å². The minimum atomic E-state index is -0.310. The average Bonchev–Trinajstić information content (AvgIpc) is 3.48. The molecule has 3 heterocycles. The van der Waals surface area contributed by atoms with Crippen molar-refractivity contribution in [3.63, 3.8) is 0 Å². The normalized spacial score (nSPS) is 17.2. The molecule has 0 unspecified atom stereocenters. The van der Waals surface area contributed by atoms with Crippen molar-refractivity contribution in [2.24, 2.45) is 0 Å². The zero-order chi connectivity index (χ0) is 22.8. The molecule has 1 aromatic heterocycles. The van der Waals surface area contributed by atoms with Crippen molar-refractivity contribution in [1.82, 2.24) is 15.0 Å². The smallest absolute Gasteiger partial charge is 0.261 e. The van der Waals surface area contributed by atoms with Crippen molar-refractivity contribution >= 4 is 17.5 Å². The number of anilines is 1. The van der Waals surface area contributed by atoms with Crippen molar-refractivity contribution < 1.29 is 18.8 Å². The maximum absolute atomic E-state index is 12.9. The number of piperidine rings is 1. The third-order valence-electron chi connectivity index (χ3n) is 5.88. The topological polar surface area (TPSA) is 121 Å². The summed E-state index contributed by atoms with van der Waals surface area (Å²) in [7, 11) is 0. The van der Waals surface area contributed by atoms with Crippen LogP contribution < -0.4 is 10.1 Å². The van der Waals surface area contributed by atoms with Gasteiger partial charge < -0.3 is 19.5 Å². The number of amides is 2. The number of hydrogen-bond donors (Lipinski definition) is 1. The summed E-state index contributed by atoms with van der Waals surface area (Å²) in [4.78, 5) is 30.8. The van der Waals surface area contributed by atoms with E-state index in [4.69, 9.17) is 14.5 Å². The molecule has 166 valence electrons. The lowest BCUT2D eigenvalue weighted by Gasteiger charge is -2.33. The summed E-state index contributed by atoms with van der Waals surface area (Å²) < 4.78 is 11.2. The van der Waals surface area contributed by atoms with E-state index in [2.05, 4.69) is 21.5 Å². The number of ether oxygens (including phenoxy) is 1. The Hall–Kier alpha value is -4.19. The van der Waals surface area contributed by atoms with Crippen molar-refractivity contribution in [3.8, 4) is 23.2 Å². The highest BCUT2D eigenvalue weighted by Crippen LogP contribution is 2.33. The fraction of sp³-hybridized carbons (Fsp3) is 0.292. The van der Waals surface area contributed by atoms with Gasteiger partial charge in [-0.1, -0.05) is 5.16 Å². The van der Waals surface area contributed by atoms with Crippen LogP contribution in [0.1, 0.15) is 42.3 Å². The van der Waals surface area contributed by atoms with E-state index in [9.17, 15) is 9.59 Å². The minimum absolute atomic E-state index is 0.0319. The Morgan fingerprint density at radius 3 is 2.91 bits per heavy atom. The van der Waals surface area contributed by atoms with E-state index < -0.39 is 0 Å². The molecule has 0 spiro atoms. The van der Waals surface area contributed by atoms with Crippen LogP contribution in [0.15, 0.2) is 47.0 Å². The second-order valence-corrected chi connectivity index (χ2v) is 8.08. The van der Waals surface area contributed by atoms with Gasteiger partial charge in [-0.15, -0.1) is 0 Å². The minimum Gasteiger partial charge on any atom is -0.484 e. The first kappa shape index (κ1) is 20.7. The van der Waals surface area contributed by atoms with Crippen molar-refractivity contribution in [1.29, 1.82) is 5.26 Å². The standard InChI is InChI=1S/C24H21N5O4/c25-13-15-4-7-18(8-5-15)32-14-22(31)29-10-2-1-3-20(29)24-27-23(28-33-24)16-6-9-19-17(11-16)12-21(30)26-19/h4-9,11,20H,1-3,10,12,14H2,(H,26,30)/t20-/m1/s1. The molecule has 0 bridgehead atoms. The number of carbonyl (C=O) groups is 2. The molecule has 3 aromatic rings. The van der Waals surface area contributed by atoms with Crippen LogP contribution in [0.25, 0.3) is 11.4 Å². The summed E-state index contributed by atoms with van der Waals surface area (Å²) in [6, 6.07) is 13.9. The van der Waals surface area contributed by atoms with Gasteiger partial charge in [-0.25, -0.2) is 0 Å². The second kappa shape index (κ2) is 8.74. The maximum atomic E-state index is 12.9. The van der Waals surface area contributed by atoms with E-state index >= 15 is 0 Å². The molecule has 9 heteroatoms. The molecule has 5 rings (SSSR count). The summed E-state index contributed by atoms with van der Waals surface area (Å²) in [5, 5.41) is 15.8. The van der Waals surface area contributed by atoms with Gasteiger partial charge in [-0.2, -0.15) is 10.2 Å². The molecule has 2 aromatic carbocycles. The number of nitriles is 1. The molecule has 1 atom stereocenters. The molecule has 33 heavy (non-hydrogen) atoms. The Bertz CT molecular complexity index is 1240. The monoisotopic (exact) mass is 443 g/mol. The molecule has 1 N–H and O–H groups in total. The highest BCUT2D eigenvalue weighted by molar-refractivity contribution is 5.99. The largest absolute Gasteiger partial charge is 0.484 e. The van der Waals surface area contributed by atoms with Crippen LogP contribution in [0, 0.1) is 11.3 Å². The van der Waals surface area contributed by atoms with E-state index in [1.807, 2.05) is 18.2 Å². The molecular weight excluding hydrogens is 422 g/mol. The predicted molar refractivity (Wildman–Crippen MR) is 117 cm³/mol. The quantitative estimate of drug-likeness (QED) is 0.642. The lowest BCUT2D eigenvalue weighted by molar-refractivity contribution is -0.138. The summed E-state index contributed by atoms with van der Waals surface area (Å²) >= 11 is 0. The summed E-state index contributed by atoms with van der Waals surface area (Å²) in [6.07, 6.45) is 2.91. The molecule has 2 aliphatic heterocycles. The van der Waals surface area contributed by atoms with Gasteiger partial charge in [-0.05, 0) is 67.3 Å². The number of hydrogen-bond acceptors (Lipinski definition) is 7. The van der Waals surface area contributed by atoms with Gasteiger partial charge in [0.1, 0.15) is 11.8 Å². The fourth-order valence-electron chi connectivity index (χ4n) is 4.20. The first-order valence-electron chi connectivity index (χ1n) is 10.8. The molecule has 0 saturated carbocycles. The Kier molecular flexibility index (Phi) is 5.48. The Morgan fingerprint density at radius 2 is 2.09 bits per heavy atom. The lowest BCUT2D eigenvalue weighted by Crippen LogP contribution is -2.41. The van der Waals surface area contributed by atoms with Gasteiger partial charge in [-0.3, -0.25) is 9.59 Å². The zero-order valence-electron chi connectivity index (χ0n) is 17.8. The fourth-order valence-corrected chi connectivity index (χ4v) is 4.20. The number of rotatable bonds is 5. The number of fused-ring (bicyclic) bond motifs is 1. The first-order valence-corrected chi connectivity index (χ1v) is 10.8. The molecule has 1 fully saturated rings. The van der Waals surface area contributed by atoms with Crippen LogP contribution in [0.2, 0.25) is 0 Å². The predicted octanol–water partition coefficient (Wildman–Crippen LogP) is 3.24. The van der Waals surface area contributed by atoms with Crippen molar-refractivity contribution in [2.45, 2.75) is 31.7 Å². The van der Waals surface area contributed by atoms with Gasteiger partial charge in [0.05, 0.1) is 18.1 Å². The third kappa shape index (κ3) is 4.28. The number of nitrogens with zero attached hydrogens (tertiary/aromatic N) is 4. The zero-order valence-corrected chi connectivity index (χ0v) is 17.8. The van der Waals surface area contributed by atoms with Crippen LogP contribution in [-0.2, 0) is 16.0 Å². The number of aromatic nitrogens is 2. The van der Waals surface area contributed by atoms with Crippen molar-refractivity contribution in [2.75, 3.05) is 18.5 Å². The second-order valence-electron chi connectivity index (χ2n) is 8.08. The number of carbonyl (C=O) groups excluding carboxylic acids is 2. The number of nitrogens with one attached hydrogen (secondary N) is 1. The van der Waals surface area contributed by atoms with E-state index in [-0.39, 0.29) is 24.5 Å². The maximum Gasteiger partial charge on any atom is 0.261 e. The Balaban J connectivity index is 1.29. The van der Waals surface area contributed by atoms with Crippen LogP contribution in [0.3, 0.4) is 0 Å². The SMILES string of the molecule is N#Cc1ccc(OCC(=O)N2CCCC[C@@H]2c2nc(-c3ccc4c(c3)CC(=O)N4)no2)cc1. The molecule has 2 amide bonds. The van der Waals surface area contributed by atoms with Crippen LogP contribution in [0.5, 0.6) is 5.75 Å². The summed E-state index contributed by atoms with van der Waals surface area (Å²) in [6.45, 7) is 0.472. The van der Waals surface area contributed by atoms with E-state index in [1.165, 1.54) is 0 Å². The van der Waals surface area contributed by atoms with Crippen LogP contribution in [0.4, 0.5) is 5.69 Å². The molecule has 0 radical (unpaired) electrons. The molecule has 9 nitrogen and oxygen atoms in total. The number of likely N-dealkylation sites (tertiary alicyclic amines) is 1. The molecular formula is C24H21N5O4. The first-order chi connectivity index (χ1) is 16.1. The summed E-state index contributed by atoms with van der Waals surface area (Å²) in [5.41, 5.74) is 3.00. The summed E-state index contributed by atoms with van der Waals surface area (Å²) in [5.74, 6) is 1.16. The van der Waals surface area contributed by atoms with Gasteiger partial charge in [0.25, 0.3) is 5.91 Å². The van der Waals surface area contributed by atoms with Gasteiger partial charge in [0, 0.05) is 17.8 Å². The van der Waals surface area contributed by atoms with Gasteiger partial charge in [0.2, 0.25) is 17.6 Å². The molecule has 1 saturated heterocycles. The third-order valence-corrected chi connectivity index (χ3v) is 5.88. The van der Waals surface area contributed by atoms with Gasteiger partial charge in [0.15, 0.2) is 6.61 Å². The average molecular weight is 443 g/mol. The van der Waals surface area contributed by atoms with Crippen molar-refractivity contribution in [3.05, 3.63) is 59.5 Å². The Labute approximate surface area is 190 Å². The molecule has 2 aliphatic rings.